The number of aromatic nitrogens is 3. The maximum atomic E-state index is 7.84. The van der Waals surface area contributed by atoms with Crippen molar-refractivity contribution in [1.82, 2.24) is 14.6 Å². The van der Waals surface area contributed by atoms with Crippen molar-refractivity contribution in [2.45, 2.75) is 0 Å². The van der Waals surface area contributed by atoms with Crippen LogP contribution in [0, 0.1) is 5.41 Å². The molecule has 0 aliphatic carbocycles. The lowest BCUT2D eigenvalue weighted by molar-refractivity contribution is 0.972. The Morgan fingerprint density at radius 3 is 2.54 bits per heavy atom. The number of benzene rings is 2. The van der Waals surface area contributed by atoms with E-state index in [1.54, 1.807) is 16.6 Å². The van der Waals surface area contributed by atoms with Crippen molar-refractivity contribution in [2.75, 3.05) is 0 Å². The third-order valence-corrected chi connectivity index (χ3v) is 4.71. The fourth-order valence-electron chi connectivity index (χ4n) is 2.79. The van der Waals surface area contributed by atoms with Crippen LogP contribution in [0.1, 0.15) is 5.56 Å². The summed E-state index contributed by atoms with van der Waals surface area (Å²) in [7, 11) is 0. The van der Waals surface area contributed by atoms with Crippen LogP contribution in [-0.4, -0.2) is 20.4 Å². The fraction of sp³-hybridized carbons (Fsp3) is 0. The lowest BCUT2D eigenvalue weighted by atomic mass is 10.1. The Labute approximate surface area is 163 Å². The van der Waals surface area contributed by atoms with Crippen LogP contribution < -0.4 is 5.73 Å². The molecule has 2 aromatic heterocycles. The molecule has 0 amide bonds. The van der Waals surface area contributed by atoms with Gasteiger partial charge in [-0.05, 0) is 36.4 Å². The summed E-state index contributed by atoms with van der Waals surface area (Å²) in [5.41, 5.74) is 9.43. The molecule has 0 fully saturated rings. The Balaban J connectivity index is 2.00. The molecule has 2 heterocycles. The molecule has 2 aromatic carbocycles. The van der Waals surface area contributed by atoms with Crippen LogP contribution in [0.25, 0.3) is 28.3 Å². The summed E-state index contributed by atoms with van der Waals surface area (Å²) in [5.74, 6) is 0.471. The number of nitrogens with zero attached hydrogens (tertiary/aromatic N) is 3. The van der Waals surface area contributed by atoms with Gasteiger partial charge in [-0.1, -0.05) is 51.8 Å². The molecule has 128 valence electrons. The van der Waals surface area contributed by atoms with E-state index >= 15 is 0 Å². The zero-order valence-corrected chi connectivity index (χ0v) is 15.8. The van der Waals surface area contributed by atoms with Gasteiger partial charge in [0.1, 0.15) is 5.84 Å². The average molecular weight is 427 g/mol. The maximum absolute atomic E-state index is 7.84. The van der Waals surface area contributed by atoms with Crippen molar-refractivity contribution in [3.63, 3.8) is 0 Å². The number of hydrogen-bond donors (Lipinski definition) is 2. The number of pyridine rings is 1. The maximum Gasteiger partial charge on any atom is 0.182 e. The third kappa shape index (κ3) is 2.98. The number of halogens is 2. The minimum atomic E-state index is -0.0548. The molecule has 4 rings (SSSR count). The van der Waals surface area contributed by atoms with Gasteiger partial charge in [0.2, 0.25) is 0 Å². The quantitative estimate of drug-likeness (QED) is 0.366. The Kier molecular flexibility index (Phi) is 4.22. The van der Waals surface area contributed by atoms with Gasteiger partial charge in [-0.25, -0.2) is 9.50 Å². The van der Waals surface area contributed by atoms with Crippen molar-refractivity contribution in [1.29, 1.82) is 5.41 Å². The van der Waals surface area contributed by atoms with Crippen LogP contribution in [0.4, 0.5) is 0 Å². The molecule has 0 aliphatic heterocycles. The molecule has 26 heavy (non-hydrogen) atoms. The summed E-state index contributed by atoms with van der Waals surface area (Å²) in [4.78, 5) is 4.61. The number of nitrogens with one attached hydrogen (secondary N) is 1. The molecular formula is C19H13BrClN5. The standard InChI is InChI=1S/C19H13BrClN5/c20-13-5-1-3-11(9-13)16-8-7-15(17(22)23)19-24-18(25-26(16)19)12-4-2-6-14(21)10-12/h1-10H,(H3,22,23). The first-order valence-corrected chi connectivity index (χ1v) is 8.96. The summed E-state index contributed by atoms with van der Waals surface area (Å²) in [6.07, 6.45) is 0. The predicted octanol–water partition coefficient (Wildman–Crippen LogP) is 4.76. The number of amidine groups is 1. The van der Waals surface area contributed by atoms with Crippen LogP contribution in [0.3, 0.4) is 0 Å². The highest BCUT2D eigenvalue weighted by Crippen LogP contribution is 2.27. The number of hydrogen-bond acceptors (Lipinski definition) is 3. The Morgan fingerprint density at radius 2 is 1.81 bits per heavy atom. The normalized spacial score (nSPS) is 11.0. The van der Waals surface area contributed by atoms with E-state index in [2.05, 4.69) is 26.0 Å². The fourth-order valence-corrected chi connectivity index (χ4v) is 3.38. The zero-order valence-electron chi connectivity index (χ0n) is 13.4. The van der Waals surface area contributed by atoms with Gasteiger partial charge in [-0.2, -0.15) is 0 Å². The van der Waals surface area contributed by atoms with E-state index in [1.807, 2.05) is 48.5 Å². The van der Waals surface area contributed by atoms with Gasteiger partial charge in [0.25, 0.3) is 0 Å². The van der Waals surface area contributed by atoms with Gasteiger partial charge in [-0.3, -0.25) is 5.41 Å². The summed E-state index contributed by atoms with van der Waals surface area (Å²) in [6, 6.07) is 19.0. The number of nitrogens with two attached hydrogens (primary N) is 1. The summed E-state index contributed by atoms with van der Waals surface area (Å²) in [5, 5.41) is 13.1. The van der Waals surface area contributed by atoms with E-state index < -0.39 is 0 Å². The predicted molar refractivity (Wildman–Crippen MR) is 108 cm³/mol. The average Bonchev–Trinajstić information content (AvgIpc) is 3.06. The topological polar surface area (TPSA) is 80.1 Å². The van der Waals surface area contributed by atoms with Crippen molar-refractivity contribution < 1.29 is 0 Å². The van der Waals surface area contributed by atoms with Crippen LogP contribution >= 0.6 is 27.5 Å². The zero-order chi connectivity index (χ0) is 18.3. The Morgan fingerprint density at radius 1 is 1.04 bits per heavy atom. The Hall–Kier alpha value is -2.70. The van der Waals surface area contributed by atoms with Crippen LogP contribution in [0.5, 0.6) is 0 Å². The molecular weight excluding hydrogens is 414 g/mol. The Bertz CT molecular complexity index is 1150. The van der Waals surface area contributed by atoms with Crippen LogP contribution in [-0.2, 0) is 0 Å². The van der Waals surface area contributed by atoms with E-state index in [4.69, 9.17) is 22.7 Å². The molecule has 0 saturated heterocycles. The number of rotatable bonds is 3. The minimum absolute atomic E-state index is 0.0548. The van der Waals surface area contributed by atoms with E-state index in [0.29, 0.717) is 22.1 Å². The highest BCUT2D eigenvalue weighted by Gasteiger charge is 2.16. The molecule has 3 N–H and O–H groups in total. The van der Waals surface area contributed by atoms with Crippen molar-refractivity contribution in [3.05, 3.63) is 75.7 Å². The first-order chi connectivity index (χ1) is 12.5. The number of fused-ring (bicyclic) bond motifs is 1. The molecule has 7 heteroatoms. The molecule has 0 bridgehead atoms. The van der Waals surface area contributed by atoms with Gasteiger partial charge in [0, 0.05) is 20.6 Å². The van der Waals surface area contributed by atoms with Crippen molar-refractivity contribution >= 4 is 39.0 Å². The molecule has 0 aliphatic rings. The van der Waals surface area contributed by atoms with Crippen molar-refractivity contribution in [3.8, 4) is 22.6 Å². The lowest BCUT2D eigenvalue weighted by Crippen LogP contribution is -2.13. The summed E-state index contributed by atoms with van der Waals surface area (Å²) < 4.78 is 2.68. The van der Waals surface area contributed by atoms with E-state index in [9.17, 15) is 0 Å². The van der Waals surface area contributed by atoms with Crippen LogP contribution in [0.2, 0.25) is 5.02 Å². The monoisotopic (exact) mass is 425 g/mol. The van der Waals surface area contributed by atoms with E-state index in [1.165, 1.54) is 0 Å². The SMILES string of the molecule is N=C(N)c1ccc(-c2cccc(Br)c2)n2nc(-c3cccc(Cl)c3)nc12. The lowest BCUT2D eigenvalue weighted by Gasteiger charge is -2.07. The molecule has 0 unspecified atom stereocenters. The first-order valence-electron chi connectivity index (χ1n) is 7.79. The highest BCUT2D eigenvalue weighted by atomic mass is 79.9. The van der Waals surface area contributed by atoms with Crippen LogP contribution in [0.15, 0.2) is 65.1 Å². The summed E-state index contributed by atoms with van der Waals surface area (Å²) >= 11 is 9.60. The van der Waals surface area contributed by atoms with Crippen molar-refractivity contribution in [2.24, 2.45) is 5.73 Å². The van der Waals surface area contributed by atoms with Gasteiger partial charge >= 0.3 is 0 Å². The highest BCUT2D eigenvalue weighted by molar-refractivity contribution is 9.10. The molecule has 5 nitrogen and oxygen atoms in total. The third-order valence-electron chi connectivity index (χ3n) is 3.98. The molecule has 4 aromatic rings. The second-order valence-corrected chi connectivity index (χ2v) is 7.09. The molecule has 0 radical (unpaired) electrons. The van der Waals surface area contributed by atoms with E-state index in [-0.39, 0.29) is 5.84 Å². The van der Waals surface area contributed by atoms with E-state index in [0.717, 1.165) is 21.3 Å². The smallest absolute Gasteiger partial charge is 0.182 e. The van der Waals surface area contributed by atoms with Gasteiger partial charge < -0.3 is 5.73 Å². The second kappa shape index (κ2) is 6.55. The summed E-state index contributed by atoms with van der Waals surface area (Å²) in [6.45, 7) is 0. The molecule has 0 spiro atoms. The van der Waals surface area contributed by atoms with Gasteiger partial charge in [0.05, 0.1) is 11.3 Å². The molecule has 0 saturated carbocycles. The van der Waals surface area contributed by atoms with Gasteiger partial charge in [0.15, 0.2) is 11.5 Å². The number of nitrogen functional groups attached to an aromatic ring is 1. The molecule has 0 atom stereocenters. The first kappa shape index (κ1) is 16.8. The van der Waals surface area contributed by atoms with Gasteiger partial charge in [-0.15, -0.1) is 5.10 Å². The largest absolute Gasteiger partial charge is 0.384 e. The minimum Gasteiger partial charge on any atom is -0.384 e. The second-order valence-electron chi connectivity index (χ2n) is 5.74.